The molecular weight excluding hydrogens is 88.1 g/mol. The lowest BCUT2D eigenvalue weighted by molar-refractivity contribution is 0.748. The van der Waals surface area contributed by atoms with Crippen molar-refractivity contribution in [3.63, 3.8) is 0 Å². The van der Waals surface area contributed by atoms with Crippen LogP contribution in [0.4, 0.5) is 0 Å². The Morgan fingerprint density at radius 1 is 1.86 bits per heavy atom. The van der Waals surface area contributed by atoms with Gasteiger partial charge in [-0.2, -0.15) is 0 Å². The molecule has 1 N–H and O–H groups in total. The molecule has 1 aromatic rings. The molecule has 7 heavy (non-hydrogen) atoms. The number of fused-ring (bicyclic) bond motifs is 1. The van der Waals surface area contributed by atoms with E-state index in [-0.39, 0.29) is 0 Å². The van der Waals surface area contributed by atoms with E-state index in [9.17, 15) is 0 Å². The maximum atomic E-state index is 4.03. The molecule has 0 spiro atoms. The Bertz CT molecular complexity index is 164. The molecule has 0 radical (unpaired) electrons. The summed E-state index contributed by atoms with van der Waals surface area (Å²) in [5.41, 5.74) is 1.27. The second-order valence-electron chi connectivity index (χ2n) is 1.95. The van der Waals surface area contributed by atoms with Crippen LogP contribution < -0.4 is 0 Å². The van der Waals surface area contributed by atoms with Gasteiger partial charge in [-0.15, -0.1) is 0 Å². The quantitative estimate of drug-likeness (QED) is 0.507. The van der Waals surface area contributed by atoms with Crippen molar-refractivity contribution in [3.8, 4) is 0 Å². The number of nitrogens with one attached hydrogen (secondary N) is 1. The molecule has 2 heteroatoms. The van der Waals surface area contributed by atoms with Gasteiger partial charge in [0.05, 0.1) is 5.92 Å². The summed E-state index contributed by atoms with van der Waals surface area (Å²) in [6.45, 7) is 2.15. The third-order valence-electron chi connectivity index (χ3n) is 1.49. The van der Waals surface area contributed by atoms with Crippen LogP contribution >= 0.6 is 0 Å². The summed E-state index contributed by atoms with van der Waals surface area (Å²) in [5.74, 6) is 1.75. The van der Waals surface area contributed by atoms with Gasteiger partial charge in [-0.05, 0) is 6.92 Å². The minimum absolute atomic E-state index is 0.611. The van der Waals surface area contributed by atoms with Gasteiger partial charge in [0.2, 0.25) is 0 Å². The number of hydrogen-bond acceptors (Lipinski definition) is 1. The Morgan fingerprint density at radius 2 is 2.71 bits per heavy atom. The number of imidazole rings is 1. The maximum Gasteiger partial charge on any atom is 0.115 e. The van der Waals surface area contributed by atoms with Crippen LogP contribution in [0.25, 0.3) is 0 Å². The van der Waals surface area contributed by atoms with E-state index in [1.54, 1.807) is 0 Å². The van der Waals surface area contributed by atoms with Crippen LogP contribution in [-0.2, 0) is 0 Å². The minimum Gasteiger partial charge on any atom is -0.345 e. The van der Waals surface area contributed by atoms with Crippen LogP contribution in [0.15, 0.2) is 6.20 Å². The van der Waals surface area contributed by atoms with E-state index in [4.69, 9.17) is 0 Å². The van der Waals surface area contributed by atoms with Crippen LogP contribution in [-0.4, -0.2) is 9.97 Å². The SMILES string of the molecule is CC1c2cnc1[nH]2. The van der Waals surface area contributed by atoms with E-state index in [2.05, 4.69) is 16.9 Å². The minimum atomic E-state index is 0.611. The molecule has 1 unspecified atom stereocenters. The van der Waals surface area contributed by atoms with Crippen molar-refractivity contribution in [2.75, 3.05) is 0 Å². The summed E-state index contributed by atoms with van der Waals surface area (Å²) < 4.78 is 0. The molecule has 36 valence electrons. The Balaban J connectivity index is 2.69. The number of hydrogen-bond donors (Lipinski definition) is 1. The van der Waals surface area contributed by atoms with E-state index in [0.29, 0.717) is 5.92 Å². The predicted molar refractivity (Wildman–Crippen MR) is 26.1 cm³/mol. The van der Waals surface area contributed by atoms with Gasteiger partial charge in [0.25, 0.3) is 0 Å². The average Bonchev–Trinajstić information content (AvgIpc) is 2.18. The lowest BCUT2D eigenvalue weighted by Gasteiger charge is -2.11. The standard InChI is InChI=1S/C5H6N2/c1-3-4-2-6-5(3)7-4/h2-3H,1H3,(H,6,7). The van der Waals surface area contributed by atoms with E-state index in [0.717, 1.165) is 5.82 Å². The largest absolute Gasteiger partial charge is 0.345 e. The zero-order valence-electron chi connectivity index (χ0n) is 4.10. The molecule has 0 aliphatic carbocycles. The highest BCUT2D eigenvalue weighted by Gasteiger charge is 2.22. The number of nitrogens with zero attached hydrogens (tertiary/aromatic N) is 1. The third-order valence-corrected chi connectivity index (χ3v) is 1.49. The van der Waals surface area contributed by atoms with Gasteiger partial charge in [0.1, 0.15) is 5.82 Å². The van der Waals surface area contributed by atoms with Gasteiger partial charge < -0.3 is 4.98 Å². The van der Waals surface area contributed by atoms with Gasteiger partial charge in [-0.3, -0.25) is 0 Å². The zero-order chi connectivity index (χ0) is 4.85. The number of aromatic amines is 1. The number of aromatic nitrogens is 2. The summed E-state index contributed by atoms with van der Waals surface area (Å²) in [5, 5.41) is 0. The normalized spacial score (nSPS) is 24.4. The zero-order valence-corrected chi connectivity index (χ0v) is 4.10. The van der Waals surface area contributed by atoms with Crippen LogP contribution in [0.3, 0.4) is 0 Å². The molecule has 2 aliphatic rings. The molecular formula is C5H6N2. The Morgan fingerprint density at radius 3 is 2.86 bits per heavy atom. The van der Waals surface area contributed by atoms with Gasteiger partial charge in [0, 0.05) is 11.9 Å². The predicted octanol–water partition coefficient (Wildman–Crippen LogP) is 0.875. The smallest absolute Gasteiger partial charge is 0.115 e. The summed E-state index contributed by atoms with van der Waals surface area (Å²) in [4.78, 5) is 7.11. The second-order valence-corrected chi connectivity index (χ2v) is 1.95. The van der Waals surface area contributed by atoms with Gasteiger partial charge >= 0.3 is 0 Å². The molecule has 0 amide bonds. The topological polar surface area (TPSA) is 28.7 Å². The van der Waals surface area contributed by atoms with E-state index >= 15 is 0 Å². The van der Waals surface area contributed by atoms with Crippen LogP contribution in [0, 0.1) is 0 Å². The van der Waals surface area contributed by atoms with Crippen molar-refractivity contribution in [1.82, 2.24) is 9.97 Å². The first kappa shape index (κ1) is 3.24. The van der Waals surface area contributed by atoms with Crippen molar-refractivity contribution in [3.05, 3.63) is 17.7 Å². The molecule has 0 saturated carbocycles. The highest BCUT2D eigenvalue weighted by Crippen LogP contribution is 2.28. The Hall–Kier alpha value is -0.790. The van der Waals surface area contributed by atoms with E-state index in [1.807, 2.05) is 6.20 Å². The molecule has 0 fully saturated rings. The summed E-state index contributed by atoms with van der Waals surface area (Å²) in [6.07, 6.45) is 1.89. The molecule has 0 saturated heterocycles. The van der Waals surface area contributed by atoms with Gasteiger partial charge in [-0.1, -0.05) is 0 Å². The molecule has 2 bridgehead atoms. The first-order chi connectivity index (χ1) is 3.38. The molecule has 1 aromatic heterocycles. The average molecular weight is 94.1 g/mol. The first-order valence-electron chi connectivity index (χ1n) is 2.43. The summed E-state index contributed by atoms with van der Waals surface area (Å²) in [7, 11) is 0. The number of H-pyrrole nitrogens is 1. The third kappa shape index (κ3) is 0.204. The summed E-state index contributed by atoms with van der Waals surface area (Å²) >= 11 is 0. The fourth-order valence-corrected chi connectivity index (χ4v) is 0.861. The molecule has 2 aliphatic heterocycles. The lowest BCUT2D eigenvalue weighted by Crippen LogP contribution is -2.05. The fourth-order valence-electron chi connectivity index (χ4n) is 0.861. The van der Waals surface area contributed by atoms with Crippen LogP contribution in [0.1, 0.15) is 24.4 Å². The van der Waals surface area contributed by atoms with Crippen molar-refractivity contribution in [1.29, 1.82) is 0 Å². The van der Waals surface area contributed by atoms with Crippen molar-refractivity contribution >= 4 is 0 Å². The van der Waals surface area contributed by atoms with Crippen molar-refractivity contribution in [2.24, 2.45) is 0 Å². The van der Waals surface area contributed by atoms with Crippen LogP contribution in [0.5, 0.6) is 0 Å². The van der Waals surface area contributed by atoms with Crippen LogP contribution in [0.2, 0.25) is 0 Å². The molecule has 0 aromatic carbocycles. The highest BCUT2D eigenvalue weighted by atomic mass is 15.0. The Kier molecular flexibility index (Phi) is 0.340. The van der Waals surface area contributed by atoms with Crippen molar-refractivity contribution < 1.29 is 0 Å². The molecule has 3 heterocycles. The maximum absolute atomic E-state index is 4.03. The Labute approximate surface area is 41.6 Å². The highest BCUT2D eigenvalue weighted by molar-refractivity contribution is 5.25. The molecule has 2 nitrogen and oxygen atoms in total. The second kappa shape index (κ2) is 0.735. The van der Waals surface area contributed by atoms with Gasteiger partial charge in [0.15, 0.2) is 0 Å². The van der Waals surface area contributed by atoms with Crippen molar-refractivity contribution in [2.45, 2.75) is 12.8 Å². The lowest BCUT2D eigenvalue weighted by atomic mass is 10.1. The fraction of sp³-hybridized carbons (Fsp3) is 0.400. The van der Waals surface area contributed by atoms with E-state index < -0.39 is 0 Å². The molecule has 3 rings (SSSR count). The number of rotatable bonds is 0. The monoisotopic (exact) mass is 94.1 g/mol. The first-order valence-corrected chi connectivity index (χ1v) is 2.43. The molecule has 1 atom stereocenters. The van der Waals surface area contributed by atoms with Gasteiger partial charge in [-0.25, -0.2) is 4.98 Å². The summed E-state index contributed by atoms with van der Waals surface area (Å²) in [6, 6.07) is 0. The van der Waals surface area contributed by atoms with E-state index in [1.165, 1.54) is 5.69 Å².